The molecule has 8 heteroatoms. The van der Waals surface area contributed by atoms with Gasteiger partial charge in [-0.1, -0.05) is 26.0 Å². The molecular weight excluding hydrogens is 316 g/mol. The maximum Gasteiger partial charge on any atom is 0.364 e. The van der Waals surface area contributed by atoms with Crippen LogP contribution in [0.1, 0.15) is 38.2 Å². The monoisotopic (exact) mass is 332 g/mol. The summed E-state index contributed by atoms with van der Waals surface area (Å²) in [5.74, 6) is -0.616. The van der Waals surface area contributed by atoms with Crippen LogP contribution in [-0.4, -0.2) is 21.9 Å². The first-order chi connectivity index (χ1) is 11.2. The van der Waals surface area contributed by atoms with Crippen LogP contribution in [0.2, 0.25) is 0 Å². The molecule has 0 radical (unpaired) electrons. The number of rotatable bonds is 3. The predicted octanol–water partition coefficient (Wildman–Crippen LogP) is 2.95. The maximum absolute atomic E-state index is 12.5. The lowest BCUT2D eigenvalue weighted by Crippen LogP contribution is -2.28. The third-order valence-electron chi connectivity index (χ3n) is 4.41. The summed E-state index contributed by atoms with van der Waals surface area (Å²) in [5.41, 5.74) is 0.396. The van der Waals surface area contributed by atoms with Gasteiger partial charge in [0.1, 0.15) is 11.7 Å². The molecular formula is C16H16N2O6. The van der Waals surface area contributed by atoms with E-state index in [1.165, 1.54) is 24.3 Å². The first-order valence-electron chi connectivity index (χ1n) is 7.50. The van der Waals surface area contributed by atoms with Crippen molar-refractivity contribution in [2.75, 3.05) is 0 Å². The second kappa shape index (κ2) is 5.40. The van der Waals surface area contributed by atoms with Crippen LogP contribution < -0.4 is 0 Å². The van der Waals surface area contributed by atoms with Crippen molar-refractivity contribution in [2.45, 2.75) is 38.8 Å². The third-order valence-corrected chi connectivity index (χ3v) is 4.41. The van der Waals surface area contributed by atoms with Gasteiger partial charge in [0.15, 0.2) is 5.78 Å². The molecule has 1 aliphatic carbocycles. The van der Waals surface area contributed by atoms with E-state index in [0.29, 0.717) is 29.7 Å². The number of non-ortho nitro benzene ring substituents is 1. The quantitative estimate of drug-likeness (QED) is 0.621. The molecule has 0 aromatic heterocycles. The van der Waals surface area contributed by atoms with Crippen molar-refractivity contribution in [3.05, 3.63) is 61.4 Å². The number of nitro groups is 2. The summed E-state index contributed by atoms with van der Waals surface area (Å²) in [5, 5.41) is 22.2. The lowest BCUT2D eigenvalue weighted by molar-refractivity contribution is -0.570. The average Bonchev–Trinajstić information content (AvgIpc) is 2.85. The number of nitro benzene ring substituents is 1. The van der Waals surface area contributed by atoms with E-state index in [1.54, 1.807) is 0 Å². The van der Waals surface area contributed by atoms with Crippen molar-refractivity contribution in [1.82, 2.24) is 0 Å². The van der Waals surface area contributed by atoms with Gasteiger partial charge in [-0.15, -0.1) is 0 Å². The molecule has 1 aromatic carbocycles. The number of hydrogen-bond donors (Lipinski definition) is 0. The van der Waals surface area contributed by atoms with Crippen molar-refractivity contribution in [3.63, 3.8) is 0 Å². The number of carbonyl (C=O) groups is 1. The number of hydrogen-bond acceptors (Lipinski definition) is 6. The molecule has 0 N–H and O–H groups in total. The van der Waals surface area contributed by atoms with Crippen LogP contribution in [-0.2, 0) is 9.53 Å². The molecule has 0 amide bonds. The van der Waals surface area contributed by atoms with E-state index in [9.17, 15) is 25.0 Å². The van der Waals surface area contributed by atoms with Crippen LogP contribution in [0.25, 0.3) is 0 Å². The fraction of sp³-hybridized carbons (Fsp3) is 0.438. The first-order valence-corrected chi connectivity index (χ1v) is 7.50. The topological polar surface area (TPSA) is 113 Å². The number of Topliss-reactive ketones (excluding diaryl/α,β-unsaturated/α-hetero) is 1. The molecule has 1 aliphatic heterocycles. The minimum atomic E-state index is -1.38. The van der Waals surface area contributed by atoms with Crippen LogP contribution in [0, 0.1) is 25.6 Å². The van der Waals surface area contributed by atoms with Gasteiger partial charge in [-0.2, -0.15) is 0 Å². The average molecular weight is 332 g/mol. The number of benzene rings is 1. The second-order valence-electron chi connectivity index (χ2n) is 6.90. The van der Waals surface area contributed by atoms with Crippen molar-refractivity contribution in [3.8, 4) is 0 Å². The minimum absolute atomic E-state index is 0.111. The fourth-order valence-electron chi connectivity index (χ4n) is 3.39. The Morgan fingerprint density at radius 2 is 1.75 bits per heavy atom. The van der Waals surface area contributed by atoms with Crippen molar-refractivity contribution in [1.29, 1.82) is 0 Å². The SMILES string of the molecule is CC1(C)CC(=O)C2=C(C1)OC([N+](=O)[O-])C2c1ccc([N+](=O)[O-])cc1. The largest absolute Gasteiger partial charge is 0.433 e. The van der Waals surface area contributed by atoms with Gasteiger partial charge in [-0.25, -0.2) is 0 Å². The molecule has 2 aliphatic rings. The normalized spacial score (nSPS) is 25.2. The van der Waals surface area contributed by atoms with Crippen LogP contribution in [0.15, 0.2) is 35.6 Å². The number of ether oxygens (including phenoxy) is 1. The van der Waals surface area contributed by atoms with E-state index in [-0.39, 0.29) is 16.9 Å². The number of carbonyl (C=O) groups excluding carboxylic acids is 1. The highest BCUT2D eigenvalue weighted by Gasteiger charge is 2.51. The lowest BCUT2D eigenvalue weighted by Gasteiger charge is -2.28. The molecule has 0 saturated carbocycles. The Morgan fingerprint density at radius 1 is 1.12 bits per heavy atom. The summed E-state index contributed by atoms with van der Waals surface area (Å²) in [6.45, 7) is 3.83. The maximum atomic E-state index is 12.5. The van der Waals surface area contributed by atoms with Crippen LogP contribution in [0.4, 0.5) is 5.69 Å². The highest BCUT2D eigenvalue weighted by Crippen LogP contribution is 2.48. The van der Waals surface area contributed by atoms with Crippen LogP contribution >= 0.6 is 0 Å². The Morgan fingerprint density at radius 3 is 2.29 bits per heavy atom. The van der Waals surface area contributed by atoms with Crippen molar-refractivity contribution >= 4 is 11.5 Å². The number of ketones is 1. The zero-order valence-corrected chi connectivity index (χ0v) is 13.2. The molecule has 2 atom stereocenters. The van der Waals surface area contributed by atoms with Gasteiger partial charge in [0.05, 0.1) is 15.4 Å². The predicted molar refractivity (Wildman–Crippen MR) is 82.8 cm³/mol. The number of nitrogens with zero attached hydrogens (tertiary/aromatic N) is 2. The summed E-state index contributed by atoms with van der Waals surface area (Å²) >= 11 is 0. The first kappa shape index (κ1) is 16.1. The van der Waals surface area contributed by atoms with Gasteiger partial charge in [-0.3, -0.25) is 25.0 Å². The molecule has 0 spiro atoms. The standard InChI is InChI=1S/C16H16N2O6/c1-16(2)7-11(19)14-12(8-16)24-15(18(22)23)13(14)9-3-5-10(6-4-9)17(20)21/h3-6,13,15H,7-8H2,1-2H3. The molecule has 126 valence electrons. The van der Waals surface area contributed by atoms with Crippen LogP contribution in [0.5, 0.6) is 0 Å². The third kappa shape index (κ3) is 2.64. The summed E-state index contributed by atoms with van der Waals surface area (Å²) in [6, 6.07) is 5.46. The van der Waals surface area contributed by atoms with Gasteiger partial charge < -0.3 is 4.74 Å². The van der Waals surface area contributed by atoms with E-state index in [4.69, 9.17) is 4.74 Å². The highest BCUT2D eigenvalue weighted by molar-refractivity contribution is 5.99. The highest BCUT2D eigenvalue weighted by atomic mass is 16.7. The zero-order valence-electron chi connectivity index (χ0n) is 13.2. The van der Waals surface area contributed by atoms with E-state index in [2.05, 4.69) is 0 Å². The summed E-state index contributed by atoms with van der Waals surface area (Å²) in [6.07, 6.45) is -0.625. The Bertz CT molecular complexity index is 765. The smallest absolute Gasteiger partial charge is 0.364 e. The molecule has 0 fully saturated rings. The number of allylic oxidation sites excluding steroid dienone is 1. The van der Waals surface area contributed by atoms with Crippen molar-refractivity contribution in [2.24, 2.45) is 5.41 Å². The fourth-order valence-corrected chi connectivity index (χ4v) is 3.39. The Kier molecular flexibility index (Phi) is 3.62. The minimum Gasteiger partial charge on any atom is -0.433 e. The Labute approximate surface area is 137 Å². The Hall–Kier alpha value is -2.77. The van der Waals surface area contributed by atoms with Crippen LogP contribution in [0.3, 0.4) is 0 Å². The van der Waals surface area contributed by atoms with Gasteiger partial charge in [-0.05, 0) is 11.0 Å². The molecule has 0 saturated heterocycles. The summed E-state index contributed by atoms with van der Waals surface area (Å²) < 4.78 is 5.50. The summed E-state index contributed by atoms with van der Waals surface area (Å²) in [4.78, 5) is 33.6. The molecule has 0 bridgehead atoms. The molecule has 24 heavy (non-hydrogen) atoms. The van der Waals surface area contributed by atoms with E-state index < -0.39 is 22.0 Å². The molecule has 1 heterocycles. The van der Waals surface area contributed by atoms with E-state index >= 15 is 0 Å². The molecule has 2 unspecified atom stereocenters. The zero-order chi connectivity index (χ0) is 17.6. The lowest BCUT2D eigenvalue weighted by atomic mass is 9.73. The van der Waals surface area contributed by atoms with E-state index in [1.807, 2.05) is 13.8 Å². The van der Waals surface area contributed by atoms with Gasteiger partial charge >= 0.3 is 6.23 Å². The van der Waals surface area contributed by atoms with Gasteiger partial charge in [0.25, 0.3) is 5.69 Å². The van der Waals surface area contributed by atoms with Crippen molar-refractivity contribution < 1.29 is 19.4 Å². The second-order valence-corrected chi connectivity index (χ2v) is 6.90. The van der Waals surface area contributed by atoms with Gasteiger partial charge in [0, 0.05) is 25.0 Å². The Balaban J connectivity index is 2.05. The van der Waals surface area contributed by atoms with Gasteiger partial charge in [0.2, 0.25) is 0 Å². The molecule has 8 nitrogen and oxygen atoms in total. The molecule has 1 aromatic rings. The molecule has 3 rings (SSSR count). The van der Waals surface area contributed by atoms with E-state index in [0.717, 1.165) is 0 Å². The summed E-state index contributed by atoms with van der Waals surface area (Å²) in [7, 11) is 0.